The Balaban J connectivity index is 1.42. The van der Waals surface area contributed by atoms with Crippen molar-refractivity contribution in [2.24, 2.45) is 0 Å². The molecule has 0 unspecified atom stereocenters. The molecule has 1 N–H and O–H groups in total. The molecule has 3 aromatic rings. The van der Waals surface area contributed by atoms with Crippen LogP contribution in [0, 0.1) is 5.82 Å². The number of nitrogens with zero attached hydrogens (tertiary/aromatic N) is 2. The Labute approximate surface area is 184 Å². The van der Waals surface area contributed by atoms with Gasteiger partial charge in [-0.1, -0.05) is 12.5 Å². The first kappa shape index (κ1) is 21.6. The molecule has 0 aliphatic carbocycles. The van der Waals surface area contributed by atoms with Crippen molar-refractivity contribution in [2.75, 3.05) is 18.4 Å². The summed E-state index contributed by atoms with van der Waals surface area (Å²) in [6.45, 7) is 1.05. The molecule has 1 amide bonds. The number of hydrogen-bond acceptors (Lipinski definition) is 5. The highest BCUT2D eigenvalue weighted by molar-refractivity contribution is 7.89. The lowest BCUT2D eigenvalue weighted by atomic mass is 10.2. The fraction of sp³-hybridized carbons (Fsp3) is 0.273. The Morgan fingerprint density at radius 1 is 1.10 bits per heavy atom. The minimum atomic E-state index is -3.56. The first-order chi connectivity index (χ1) is 14.9. The van der Waals surface area contributed by atoms with E-state index in [4.69, 9.17) is 0 Å². The quantitative estimate of drug-likeness (QED) is 0.596. The van der Waals surface area contributed by atoms with Gasteiger partial charge in [0.05, 0.1) is 17.0 Å². The van der Waals surface area contributed by atoms with Gasteiger partial charge >= 0.3 is 0 Å². The van der Waals surface area contributed by atoms with Crippen LogP contribution in [0.2, 0.25) is 0 Å². The van der Waals surface area contributed by atoms with E-state index < -0.39 is 10.0 Å². The summed E-state index contributed by atoms with van der Waals surface area (Å²) in [6.07, 6.45) is 2.83. The molecule has 162 valence electrons. The van der Waals surface area contributed by atoms with Crippen LogP contribution in [0.4, 0.5) is 10.1 Å². The third-order valence-electron chi connectivity index (χ3n) is 5.06. The third-order valence-corrected chi connectivity index (χ3v) is 7.89. The molecule has 31 heavy (non-hydrogen) atoms. The number of sulfonamides is 1. The average Bonchev–Trinajstić information content (AvgIpc) is 3.23. The van der Waals surface area contributed by atoms with E-state index in [0.717, 1.165) is 24.8 Å². The summed E-state index contributed by atoms with van der Waals surface area (Å²) in [4.78, 5) is 17.1. The Hall–Kier alpha value is -2.62. The zero-order valence-electron chi connectivity index (χ0n) is 16.8. The topological polar surface area (TPSA) is 79.4 Å². The predicted molar refractivity (Wildman–Crippen MR) is 119 cm³/mol. The molecule has 1 aliphatic heterocycles. The van der Waals surface area contributed by atoms with E-state index >= 15 is 0 Å². The highest BCUT2D eigenvalue weighted by atomic mass is 32.2. The van der Waals surface area contributed by atoms with Gasteiger partial charge in [0.2, 0.25) is 15.9 Å². The Bertz CT molecular complexity index is 1170. The van der Waals surface area contributed by atoms with Crippen LogP contribution in [0.25, 0.3) is 10.6 Å². The van der Waals surface area contributed by atoms with Crippen molar-refractivity contribution in [3.63, 3.8) is 0 Å². The molecule has 0 spiro atoms. The van der Waals surface area contributed by atoms with Crippen LogP contribution in [0.1, 0.15) is 25.0 Å². The lowest BCUT2D eigenvalue weighted by Crippen LogP contribution is -2.35. The first-order valence-electron chi connectivity index (χ1n) is 10.0. The lowest BCUT2D eigenvalue weighted by Gasteiger charge is -2.26. The van der Waals surface area contributed by atoms with Crippen LogP contribution in [-0.2, 0) is 21.2 Å². The van der Waals surface area contributed by atoms with Crippen molar-refractivity contribution < 1.29 is 17.6 Å². The number of nitrogens with one attached hydrogen (secondary N) is 1. The Morgan fingerprint density at radius 2 is 1.84 bits per heavy atom. The monoisotopic (exact) mass is 459 g/mol. The number of aromatic nitrogens is 1. The number of benzene rings is 2. The maximum Gasteiger partial charge on any atom is 0.243 e. The predicted octanol–water partition coefficient (Wildman–Crippen LogP) is 4.31. The summed E-state index contributed by atoms with van der Waals surface area (Å²) < 4.78 is 40.3. The number of anilines is 1. The summed E-state index contributed by atoms with van der Waals surface area (Å²) in [5, 5.41) is 5.25. The second kappa shape index (κ2) is 9.25. The van der Waals surface area contributed by atoms with Crippen LogP contribution in [0.5, 0.6) is 0 Å². The van der Waals surface area contributed by atoms with Crippen LogP contribution in [0.3, 0.4) is 0 Å². The maximum absolute atomic E-state index is 13.1. The van der Waals surface area contributed by atoms with Crippen molar-refractivity contribution >= 4 is 33.0 Å². The van der Waals surface area contributed by atoms with Gasteiger partial charge in [0.1, 0.15) is 10.8 Å². The van der Waals surface area contributed by atoms with Crippen LogP contribution in [0.15, 0.2) is 58.8 Å². The van der Waals surface area contributed by atoms with Gasteiger partial charge < -0.3 is 5.32 Å². The Kier molecular flexibility index (Phi) is 6.45. The highest BCUT2D eigenvalue weighted by Crippen LogP contribution is 2.25. The number of piperidine rings is 1. The molecule has 1 aromatic heterocycles. The SMILES string of the molecule is O=C(Cc1csc(-c2ccc(F)cc2)n1)Nc1cccc(S(=O)(=O)N2CCCCC2)c1. The van der Waals surface area contributed by atoms with E-state index in [2.05, 4.69) is 10.3 Å². The number of hydrogen-bond donors (Lipinski definition) is 1. The van der Waals surface area contributed by atoms with E-state index in [1.807, 2.05) is 0 Å². The standard InChI is InChI=1S/C22H22FN3O3S2/c23-17-9-7-16(8-10-17)22-25-19(15-30-22)14-21(27)24-18-5-4-6-20(13-18)31(28,29)26-11-2-1-3-12-26/h4-10,13,15H,1-3,11-12,14H2,(H,24,27). The molecular weight excluding hydrogens is 437 g/mol. The summed E-state index contributed by atoms with van der Waals surface area (Å²) in [5.74, 6) is -0.604. The Morgan fingerprint density at radius 3 is 2.58 bits per heavy atom. The van der Waals surface area contributed by atoms with Crippen molar-refractivity contribution in [3.8, 4) is 10.6 Å². The van der Waals surface area contributed by atoms with Crippen LogP contribution < -0.4 is 5.32 Å². The number of thiazole rings is 1. The normalized spacial score (nSPS) is 15.0. The molecule has 6 nitrogen and oxygen atoms in total. The largest absolute Gasteiger partial charge is 0.326 e. The molecule has 4 rings (SSSR count). The van der Waals surface area contributed by atoms with Gasteiger partial charge in [-0.05, 0) is 55.3 Å². The summed E-state index contributed by atoms with van der Waals surface area (Å²) in [7, 11) is -3.56. The van der Waals surface area contributed by atoms with Gasteiger partial charge in [0, 0.05) is 29.7 Å². The van der Waals surface area contributed by atoms with Gasteiger partial charge in [-0.15, -0.1) is 11.3 Å². The summed E-state index contributed by atoms with van der Waals surface area (Å²) >= 11 is 1.38. The third kappa shape index (κ3) is 5.17. The lowest BCUT2D eigenvalue weighted by molar-refractivity contribution is -0.115. The van der Waals surface area contributed by atoms with E-state index in [-0.39, 0.29) is 23.0 Å². The molecule has 0 bridgehead atoms. The molecule has 9 heteroatoms. The number of carbonyl (C=O) groups excluding carboxylic acids is 1. The number of carbonyl (C=O) groups is 1. The van der Waals surface area contributed by atoms with Crippen molar-refractivity contribution in [3.05, 3.63) is 65.4 Å². The smallest absolute Gasteiger partial charge is 0.243 e. The van der Waals surface area contributed by atoms with Gasteiger partial charge in [-0.25, -0.2) is 17.8 Å². The molecule has 1 aliphatic rings. The minimum absolute atomic E-state index is 0.0563. The van der Waals surface area contributed by atoms with Crippen molar-refractivity contribution in [2.45, 2.75) is 30.6 Å². The fourth-order valence-corrected chi connectivity index (χ4v) is 5.86. The molecule has 2 aromatic carbocycles. The average molecular weight is 460 g/mol. The molecular formula is C22H22FN3O3S2. The minimum Gasteiger partial charge on any atom is -0.326 e. The maximum atomic E-state index is 13.1. The number of rotatable bonds is 6. The van der Waals surface area contributed by atoms with Crippen LogP contribution >= 0.6 is 11.3 Å². The van der Waals surface area contributed by atoms with Crippen LogP contribution in [-0.4, -0.2) is 36.7 Å². The second-order valence-corrected chi connectivity index (χ2v) is 10.2. The highest BCUT2D eigenvalue weighted by Gasteiger charge is 2.26. The van der Waals surface area contributed by atoms with E-state index in [1.54, 1.807) is 35.7 Å². The summed E-state index contributed by atoms with van der Waals surface area (Å²) in [6, 6.07) is 12.4. The van der Waals surface area contributed by atoms with Crippen molar-refractivity contribution in [1.29, 1.82) is 0 Å². The molecule has 1 saturated heterocycles. The zero-order chi connectivity index (χ0) is 21.8. The zero-order valence-corrected chi connectivity index (χ0v) is 18.4. The summed E-state index contributed by atoms with van der Waals surface area (Å²) in [5.41, 5.74) is 1.81. The van der Waals surface area contributed by atoms with Gasteiger partial charge in [0.15, 0.2) is 0 Å². The van der Waals surface area contributed by atoms with E-state index in [9.17, 15) is 17.6 Å². The fourth-order valence-electron chi connectivity index (χ4n) is 3.47. The molecule has 1 fully saturated rings. The number of amides is 1. The van der Waals surface area contributed by atoms with Gasteiger partial charge in [-0.2, -0.15) is 4.31 Å². The molecule has 0 atom stereocenters. The van der Waals surface area contributed by atoms with Gasteiger partial charge in [-0.3, -0.25) is 4.79 Å². The van der Waals surface area contributed by atoms with E-state index in [1.165, 1.54) is 33.8 Å². The van der Waals surface area contributed by atoms with Crippen molar-refractivity contribution in [1.82, 2.24) is 9.29 Å². The van der Waals surface area contributed by atoms with E-state index in [0.29, 0.717) is 29.5 Å². The first-order valence-corrected chi connectivity index (χ1v) is 12.3. The molecule has 2 heterocycles. The number of halogens is 1. The van der Waals surface area contributed by atoms with Gasteiger partial charge in [0.25, 0.3) is 0 Å². The molecule has 0 radical (unpaired) electrons. The molecule has 0 saturated carbocycles. The second-order valence-electron chi connectivity index (χ2n) is 7.37.